The first-order valence-electron chi connectivity index (χ1n) is 7.51. The molecule has 1 heterocycles. The van der Waals surface area contributed by atoms with Crippen molar-refractivity contribution in [1.29, 1.82) is 0 Å². The molecule has 2 heteroatoms. The zero-order valence-electron chi connectivity index (χ0n) is 12.0. The van der Waals surface area contributed by atoms with Gasteiger partial charge in [-0.2, -0.15) is 0 Å². The fourth-order valence-electron chi connectivity index (χ4n) is 3.99. The number of hydrogen-bond donors (Lipinski definition) is 1. The zero-order chi connectivity index (χ0) is 12.7. The molecule has 0 amide bonds. The Morgan fingerprint density at radius 3 is 3.06 bits per heavy atom. The van der Waals surface area contributed by atoms with Crippen LogP contribution in [0.25, 0.3) is 0 Å². The molecular formula is C16H26N2. The third kappa shape index (κ3) is 2.11. The van der Waals surface area contributed by atoms with Crippen molar-refractivity contribution in [2.75, 3.05) is 20.1 Å². The quantitative estimate of drug-likeness (QED) is 0.823. The topological polar surface area (TPSA) is 15.3 Å². The van der Waals surface area contributed by atoms with Gasteiger partial charge in [0.2, 0.25) is 0 Å². The molecule has 2 atom stereocenters. The highest BCUT2D eigenvalue weighted by Gasteiger charge is 2.37. The van der Waals surface area contributed by atoms with E-state index in [-0.39, 0.29) is 0 Å². The minimum Gasteiger partial charge on any atom is -0.387 e. The summed E-state index contributed by atoms with van der Waals surface area (Å²) < 4.78 is 0. The number of nitrogens with zero attached hydrogens (tertiary/aromatic N) is 1. The largest absolute Gasteiger partial charge is 0.387 e. The molecule has 2 unspecified atom stereocenters. The Bertz CT molecular complexity index is 392. The Kier molecular flexibility index (Phi) is 3.23. The van der Waals surface area contributed by atoms with E-state index in [1.165, 1.54) is 38.8 Å². The Morgan fingerprint density at radius 2 is 2.28 bits per heavy atom. The van der Waals surface area contributed by atoms with Gasteiger partial charge >= 0.3 is 0 Å². The highest BCUT2D eigenvalue weighted by molar-refractivity contribution is 5.45. The average molecular weight is 246 g/mol. The maximum atomic E-state index is 3.65. The van der Waals surface area contributed by atoms with Crippen LogP contribution in [0.4, 0.5) is 0 Å². The van der Waals surface area contributed by atoms with E-state index in [2.05, 4.69) is 37.2 Å². The second-order valence-corrected chi connectivity index (χ2v) is 6.67. The molecule has 0 aromatic rings. The number of allylic oxidation sites excluding steroid dienone is 2. The zero-order valence-corrected chi connectivity index (χ0v) is 12.0. The van der Waals surface area contributed by atoms with E-state index in [0.717, 1.165) is 17.9 Å². The van der Waals surface area contributed by atoms with Gasteiger partial charge < -0.3 is 10.2 Å². The van der Waals surface area contributed by atoms with Crippen molar-refractivity contribution in [1.82, 2.24) is 10.2 Å². The average Bonchev–Trinajstić information content (AvgIpc) is 2.74. The summed E-state index contributed by atoms with van der Waals surface area (Å²) in [5, 5.41) is 3.65. The summed E-state index contributed by atoms with van der Waals surface area (Å²) in [5.41, 5.74) is 4.94. The molecule has 0 saturated heterocycles. The van der Waals surface area contributed by atoms with Crippen molar-refractivity contribution < 1.29 is 0 Å². The maximum Gasteiger partial charge on any atom is 0.0214 e. The van der Waals surface area contributed by atoms with Gasteiger partial charge in [0.1, 0.15) is 0 Å². The maximum absolute atomic E-state index is 3.65. The van der Waals surface area contributed by atoms with Crippen molar-refractivity contribution >= 4 is 0 Å². The molecule has 1 aliphatic heterocycles. The normalized spacial score (nSPS) is 30.6. The van der Waals surface area contributed by atoms with E-state index in [1.54, 1.807) is 16.8 Å². The van der Waals surface area contributed by atoms with E-state index in [0.29, 0.717) is 0 Å². The Balaban J connectivity index is 1.75. The van der Waals surface area contributed by atoms with Crippen LogP contribution in [0.1, 0.15) is 39.5 Å². The summed E-state index contributed by atoms with van der Waals surface area (Å²) in [6.45, 7) is 7.05. The molecule has 3 rings (SSSR count). The standard InChI is InChI=1S/C16H26N2/c1-11(2)10-18(3)14-7-12-5-4-6-15-16(12)13(8-14)9-17-15/h5,11,13-14,17H,4,6-10H2,1-3H3. The lowest BCUT2D eigenvalue weighted by Crippen LogP contribution is -2.39. The molecule has 18 heavy (non-hydrogen) atoms. The summed E-state index contributed by atoms with van der Waals surface area (Å²) in [5.74, 6) is 1.56. The van der Waals surface area contributed by atoms with Crippen molar-refractivity contribution in [3.05, 3.63) is 22.9 Å². The Labute approximate surface area is 111 Å². The SMILES string of the molecule is CC(C)CN(C)C1CC2=CCCC3=C2C(CN3)C1. The van der Waals surface area contributed by atoms with E-state index >= 15 is 0 Å². The molecule has 2 aliphatic carbocycles. The highest BCUT2D eigenvalue weighted by Crippen LogP contribution is 2.43. The van der Waals surface area contributed by atoms with Gasteiger partial charge in [0.25, 0.3) is 0 Å². The third-order valence-corrected chi connectivity index (χ3v) is 4.71. The lowest BCUT2D eigenvalue weighted by atomic mass is 9.76. The van der Waals surface area contributed by atoms with Crippen LogP contribution in [0.2, 0.25) is 0 Å². The second kappa shape index (κ2) is 4.73. The lowest BCUT2D eigenvalue weighted by molar-refractivity contribution is 0.183. The van der Waals surface area contributed by atoms with Gasteiger partial charge in [-0.1, -0.05) is 19.9 Å². The summed E-state index contributed by atoms with van der Waals surface area (Å²) in [4.78, 5) is 2.59. The first-order valence-corrected chi connectivity index (χ1v) is 7.51. The van der Waals surface area contributed by atoms with E-state index < -0.39 is 0 Å². The van der Waals surface area contributed by atoms with Crippen molar-refractivity contribution in [2.24, 2.45) is 11.8 Å². The van der Waals surface area contributed by atoms with E-state index in [4.69, 9.17) is 0 Å². The molecule has 0 radical (unpaired) electrons. The summed E-state index contributed by atoms with van der Waals surface area (Å²) >= 11 is 0. The number of nitrogens with one attached hydrogen (secondary N) is 1. The summed E-state index contributed by atoms with van der Waals surface area (Å²) in [7, 11) is 2.31. The van der Waals surface area contributed by atoms with Crippen LogP contribution < -0.4 is 5.32 Å². The van der Waals surface area contributed by atoms with Crippen molar-refractivity contribution in [3.63, 3.8) is 0 Å². The molecule has 0 bridgehead atoms. The molecule has 0 spiro atoms. The molecule has 0 aromatic heterocycles. The Morgan fingerprint density at radius 1 is 1.44 bits per heavy atom. The van der Waals surface area contributed by atoms with Crippen LogP contribution in [-0.4, -0.2) is 31.1 Å². The molecule has 0 aromatic carbocycles. The Hall–Kier alpha value is -0.760. The molecule has 1 fully saturated rings. The van der Waals surface area contributed by atoms with Crippen LogP contribution in [0, 0.1) is 11.8 Å². The van der Waals surface area contributed by atoms with Gasteiger partial charge in [-0.25, -0.2) is 0 Å². The third-order valence-electron chi connectivity index (χ3n) is 4.71. The van der Waals surface area contributed by atoms with E-state index in [1.807, 2.05) is 0 Å². The van der Waals surface area contributed by atoms with Crippen molar-refractivity contribution in [2.45, 2.75) is 45.6 Å². The number of hydrogen-bond acceptors (Lipinski definition) is 2. The fourth-order valence-corrected chi connectivity index (χ4v) is 3.99. The molecule has 2 nitrogen and oxygen atoms in total. The van der Waals surface area contributed by atoms with Crippen LogP contribution >= 0.6 is 0 Å². The summed E-state index contributed by atoms with van der Waals surface area (Å²) in [6, 6.07) is 0.756. The predicted molar refractivity (Wildman–Crippen MR) is 76.3 cm³/mol. The van der Waals surface area contributed by atoms with Crippen LogP contribution in [-0.2, 0) is 0 Å². The molecular weight excluding hydrogens is 220 g/mol. The molecule has 3 aliphatic rings. The molecule has 1 saturated carbocycles. The van der Waals surface area contributed by atoms with Gasteiger partial charge in [-0.15, -0.1) is 0 Å². The first-order chi connectivity index (χ1) is 8.65. The molecule has 100 valence electrons. The van der Waals surface area contributed by atoms with Crippen molar-refractivity contribution in [3.8, 4) is 0 Å². The predicted octanol–water partition coefficient (Wildman–Crippen LogP) is 2.93. The lowest BCUT2D eigenvalue weighted by Gasteiger charge is -2.38. The van der Waals surface area contributed by atoms with Crippen LogP contribution in [0.5, 0.6) is 0 Å². The number of rotatable bonds is 3. The first kappa shape index (κ1) is 12.3. The van der Waals surface area contributed by atoms with Crippen LogP contribution in [0.3, 0.4) is 0 Å². The van der Waals surface area contributed by atoms with Gasteiger partial charge in [0.15, 0.2) is 0 Å². The second-order valence-electron chi connectivity index (χ2n) is 6.67. The van der Waals surface area contributed by atoms with Gasteiger partial charge in [0.05, 0.1) is 0 Å². The van der Waals surface area contributed by atoms with Gasteiger partial charge in [0, 0.05) is 30.7 Å². The monoisotopic (exact) mass is 246 g/mol. The van der Waals surface area contributed by atoms with Gasteiger partial charge in [-0.05, 0) is 49.8 Å². The minimum atomic E-state index is 0.756. The molecule has 1 N–H and O–H groups in total. The summed E-state index contributed by atoms with van der Waals surface area (Å²) in [6.07, 6.45) is 7.64. The van der Waals surface area contributed by atoms with Gasteiger partial charge in [-0.3, -0.25) is 0 Å². The minimum absolute atomic E-state index is 0.756. The fraction of sp³-hybridized carbons (Fsp3) is 0.750. The van der Waals surface area contributed by atoms with Crippen LogP contribution in [0.15, 0.2) is 22.9 Å². The highest BCUT2D eigenvalue weighted by atomic mass is 15.1. The van der Waals surface area contributed by atoms with E-state index in [9.17, 15) is 0 Å². The smallest absolute Gasteiger partial charge is 0.0214 e.